The third kappa shape index (κ3) is 3.00. The van der Waals surface area contributed by atoms with Gasteiger partial charge in [0.25, 0.3) is 5.56 Å². The number of aryl methyl sites for hydroxylation is 2. The SMILES string of the molecule is CC1CC1CNC(=O)CCCn1cnc2c1c(=O)n(C)c(=O)n2C. The highest BCUT2D eigenvalue weighted by molar-refractivity contribution is 5.76. The zero-order valence-electron chi connectivity index (χ0n) is 14.3. The van der Waals surface area contributed by atoms with E-state index >= 15 is 0 Å². The van der Waals surface area contributed by atoms with Crippen LogP contribution in [0.5, 0.6) is 0 Å². The lowest BCUT2D eigenvalue weighted by molar-refractivity contribution is -0.121. The van der Waals surface area contributed by atoms with Crippen LogP contribution in [0.25, 0.3) is 11.2 Å². The Hall–Kier alpha value is -2.38. The van der Waals surface area contributed by atoms with Crippen LogP contribution in [-0.2, 0) is 25.4 Å². The van der Waals surface area contributed by atoms with E-state index in [2.05, 4.69) is 17.2 Å². The number of fused-ring (bicyclic) bond motifs is 1. The first kappa shape index (κ1) is 16.5. The summed E-state index contributed by atoms with van der Waals surface area (Å²) in [6.07, 6.45) is 3.77. The lowest BCUT2D eigenvalue weighted by atomic mass is 10.2. The normalized spacial score (nSPS) is 19.6. The van der Waals surface area contributed by atoms with Gasteiger partial charge in [-0.2, -0.15) is 0 Å². The fourth-order valence-corrected chi connectivity index (χ4v) is 2.99. The van der Waals surface area contributed by atoms with Crippen LogP contribution in [0.3, 0.4) is 0 Å². The minimum Gasteiger partial charge on any atom is -0.356 e. The van der Waals surface area contributed by atoms with E-state index in [0.29, 0.717) is 36.5 Å². The quantitative estimate of drug-likeness (QED) is 0.805. The Morgan fingerprint density at radius 3 is 2.71 bits per heavy atom. The van der Waals surface area contributed by atoms with Gasteiger partial charge in [0.05, 0.1) is 6.33 Å². The summed E-state index contributed by atoms with van der Waals surface area (Å²) in [5.41, 5.74) is 0.00582. The highest BCUT2D eigenvalue weighted by atomic mass is 16.2. The van der Waals surface area contributed by atoms with E-state index in [-0.39, 0.29) is 11.5 Å². The molecule has 0 bridgehead atoms. The van der Waals surface area contributed by atoms with Gasteiger partial charge in [-0.1, -0.05) is 6.92 Å². The number of hydrogen-bond donors (Lipinski definition) is 1. The summed E-state index contributed by atoms with van der Waals surface area (Å²) in [7, 11) is 3.04. The van der Waals surface area contributed by atoms with E-state index in [1.54, 1.807) is 17.9 Å². The van der Waals surface area contributed by atoms with Crippen molar-refractivity contribution in [3.63, 3.8) is 0 Å². The second-order valence-corrected chi connectivity index (χ2v) is 6.70. The van der Waals surface area contributed by atoms with Gasteiger partial charge in [-0.25, -0.2) is 9.78 Å². The molecule has 8 nitrogen and oxygen atoms in total. The topological polar surface area (TPSA) is 90.9 Å². The standard InChI is InChI=1S/C16H23N5O3/c1-10-7-11(10)8-17-12(22)5-4-6-21-9-18-14-13(21)15(23)20(3)16(24)19(14)2/h9-11H,4-8H2,1-3H3,(H,17,22). The number of carbonyl (C=O) groups excluding carboxylic acids is 1. The summed E-state index contributed by atoms with van der Waals surface area (Å²) in [6.45, 7) is 3.46. The van der Waals surface area contributed by atoms with E-state index < -0.39 is 5.69 Å². The van der Waals surface area contributed by atoms with Crippen LogP contribution in [-0.4, -0.2) is 31.1 Å². The van der Waals surface area contributed by atoms with Crippen LogP contribution in [0.4, 0.5) is 0 Å². The predicted molar refractivity (Wildman–Crippen MR) is 89.7 cm³/mol. The molecule has 2 heterocycles. The Labute approximate surface area is 139 Å². The molecule has 2 unspecified atom stereocenters. The van der Waals surface area contributed by atoms with Gasteiger partial charge in [0.15, 0.2) is 11.2 Å². The molecule has 0 aromatic carbocycles. The van der Waals surface area contributed by atoms with E-state index in [4.69, 9.17) is 0 Å². The van der Waals surface area contributed by atoms with Crippen LogP contribution in [0, 0.1) is 11.8 Å². The van der Waals surface area contributed by atoms with Crippen molar-refractivity contribution in [2.75, 3.05) is 6.54 Å². The van der Waals surface area contributed by atoms with Crippen molar-refractivity contribution in [3.8, 4) is 0 Å². The first-order valence-corrected chi connectivity index (χ1v) is 8.27. The fourth-order valence-electron chi connectivity index (χ4n) is 2.99. The van der Waals surface area contributed by atoms with Crippen LogP contribution in [0.2, 0.25) is 0 Å². The van der Waals surface area contributed by atoms with Gasteiger partial charge < -0.3 is 9.88 Å². The second kappa shape index (κ2) is 6.26. The monoisotopic (exact) mass is 333 g/mol. The summed E-state index contributed by atoms with van der Waals surface area (Å²) < 4.78 is 4.15. The van der Waals surface area contributed by atoms with E-state index in [9.17, 15) is 14.4 Å². The maximum absolute atomic E-state index is 12.3. The average Bonchev–Trinajstić information content (AvgIpc) is 3.10. The Balaban J connectivity index is 1.64. The van der Waals surface area contributed by atoms with Gasteiger partial charge in [0.2, 0.25) is 5.91 Å². The van der Waals surface area contributed by atoms with Crippen molar-refractivity contribution in [2.45, 2.75) is 32.7 Å². The molecule has 24 heavy (non-hydrogen) atoms. The Kier molecular flexibility index (Phi) is 4.29. The number of aromatic nitrogens is 4. The zero-order valence-corrected chi connectivity index (χ0v) is 14.3. The molecule has 8 heteroatoms. The predicted octanol–water partition coefficient (Wildman–Crippen LogP) is -0.0139. The molecule has 1 N–H and O–H groups in total. The molecule has 1 saturated carbocycles. The van der Waals surface area contributed by atoms with Crippen molar-refractivity contribution in [3.05, 3.63) is 27.2 Å². The third-order valence-corrected chi connectivity index (χ3v) is 4.86. The molecular weight excluding hydrogens is 310 g/mol. The molecule has 1 aliphatic rings. The second-order valence-electron chi connectivity index (χ2n) is 6.70. The zero-order chi connectivity index (χ0) is 17.4. The Morgan fingerprint density at radius 1 is 1.33 bits per heavy atom. The Bertz CT molecular complexity index is 891. The molecule has 0 aliphatic heterocycles. The maximum Gasteiger partial charge on any atom is 0.332 e. The molecule has 2 atom stereocenters. The van der Waals surface area contributed by atoms with Crippen LogP contribution in [0.15, 0.2) is 15.9 Å². The molecule has 0 saturated heterocycles. The molecule has 130 valence electrons. The van der Waals surface area contributed by atoms with Crippen molar-refractivity contribution < 1.29 is 4.79 Å². The first-order chi connectivity index (χ1) is 11.4. The van der Waals surface area contributed by atoms with Crippen molar-refractivity contribution in [1.82, 2.24) is 24.0 Å². The fraction of sp³-hybridized carbons (Fsp3) is 0.625. The lowest BCUT2D eigenvalue weighted by Crippen LogP contribution is -2.37. The van der Waals surface area contributed by atoms with Crippen molar-refractivity contribution in [2.24, 2.45) is 25.9 Å². The number of hydrogen-bond acceptors (Lipinski definition) is 4. The van der Waals surface area contributed by atoms with Gasteiger partial charge in [-0.15, -0.1) is 0 Å². The van der Waals surface area contributed by atoms with Crippen LogP contribution < -0.4 is 16.6 Å². The molecule has 1 fully saturated rings. The highest BCUT2D eigenvalue weighted by Crippen LogP contribution is 2.36. The van der Waals surface area contributed by atoms with Gasteiger partial charge >= 0.3 is 5.69 Å². The molecule has 3 rings (SSSR count). The molecule has 0 radical (unpaired) electrons. The lowest BCUT2D eigenvalue weighted by Gasteiger charge is -2.07. The molecule has 1 aliphatic carbocycles. The molecule has 2 aromatic rings. The summed E-state index contributed by atoms with van der Waals surface area (Å²) in [4.78, 5) is 40.2. The maximum atomic E-state index is 12.3. The molecule has 2 aromatic heterocycles. The number of nitrogens with zero attached hydrogens (tertiary/aromatic N) is 4. The number of carbonyl (C=O) groups is 1. The van der Waals surface area contributed by atoms with E-state index in [1.807, 2.05) is 0 Å². The van der Waals surface area contributed by atoms with Crippen LogP contribution >= 0.6 is 0 Å². The van der Waals surface area contributed by atoms with Gasteiger partial charge in [0, 0.05) is 33.6 Å². The summed E-state index contributed by atoms with van der Waals surface area (Å²) in [5.74, 6) is 1.40. The smallest absolute Gasteiger partial charge is 0.332 e. The summed E-state index contributed by atoms with van der Waals surface area (Å²) >= 11 is 0. The number of nitrogens with one attached hydrogen (secondary N) is 1. The summed E-state index contributed by atoms with van der Waals surface area (Å²) in [6, 6.07) is 0. The first-order valence-electron chi connectivity index (χ1n) is 8.27. The van der Waals surface area contributed by atoms with E-state index in [1.165, 1.54) is 18.0 Å². The van der Waals surface area contributed by atoms with Gasteiger partial charge in [-0.3, -0.25) is 18.7 Å². The van der Waals surface area contributed by atoms with Crippen molar-refractivity contribution in [1.29, 1.82) is 0 Å². The molecule has 1 amide bonds. The minimum atomic E-state index is -0.397. The largest absolute Gasteiger partial charge is 0.356 e. The highest BCUT2D eigenvalue weighted by Gasteiger charge is 2.32. The Morgan fingerprint density at radius 2 is 2.04 bits per heavy atom. The van der Waals surface area contributed by atoms with Crippen LogP contribution in [0.1, 0.15) is 26.2 Å². The third-order valence-electron chi connectivity index (χ3n) is 4.86. The van der Waals surface area contributed by atoms with Crippen molar-refractivity contribution >= 4 is 17.1 Å². The average molecular weight is 333 g/mol. The molecule has 0 spiro atoms. The summed E-state index contributed by atoms with van der Waals surface area (Å²) in [5, 5.41) is 2.95. The van der Waals surface area contributed by atoms with Gasteiger partial charge in [-0.05, 0) is 24.7 Å². The van der Waals surface area contributed by atoms with Gasteiger partial charge in [0.1, 0.15) is 0 Å². The minimum absolute atomic E-state index is 0.0406. The van der Waals surface area contributed by atoms with E-state index in [0.717, 1.165) is 17.0 Å². The number of rotatable bonds is 6. The number of imidazole rings is 1. The number of amides is 1. The molecular formula is C16H23N5O3.